The highest BCUT2D eigenvalue weighted by molar-refractivity contribution is 7.17. The Morgan fingerprint density at radius 3 is 2.69 bits per heavy atom. The van der Waals surface area contributed by atoms with Crippen LogP contribution in [0.15, 0.2) is 78.4 Å². The van der Waals surface area contributed by atoms with Gasteiger partial charge in [0, 0.05) is 37.0 Å². The van der Waals surface area contributed by atoms with E-state index in [1.54, 1.807) is 24.6 Å². The Morgan fingerprint density at radius 1 is 1.00 bits per heavy atom. The fourth-order valence-electron chi connectivity index (χ4n) is 3.74. The molecule has 0 aliphatic heterocycles. The summed E-state index contributed by atoms with van der Waals surface area (Å²) in [7, 11) is 1.66. The molecule has 0 unspecified atom stereocenters. The number of hydrogen-bond donors (Lipinski definition) is 1. The van der Waals surface area contributed by atoms with E-state index in [1.807, 2.05) is 23.0 Å². The Labute approximate surface area is 190 Å². The Kier molecular flexibility index (Phi) is 5.91. The predicted molar refractivity (Wildman–Crippen MR) is 129 cm³/mol. The zero-order valence-electron chi connectivity index (χ0n) is 17.7. The van der Waals surface area contributed by atoms with Crippen LogP contribution in [0.3, 0.4) is 0 Å². The van der Waals surface area contributed by atoms with Crippen LogP contribution in [-0.4, -0.2) is 26.9 Å². The summed E-state index contributed by atoms with van der Waals surface area (Å²) in [6.45, 7) is 1.79. The van der Waals surface area contributed by atoms with Crippen LogP contribution in [0.5, 0.6) is 0 Å². The maximum atomic E-state index is 5.30. The van der Waals surface area contributed by atoms with Gasteiger partial charge >= 0.3 is 0 Å². The number of ether oxygens (including phenoxy) is 1. The molecule has 0 aliphatic rings. The van der Waals surface area contributed by atoms with Gasteiger partial charge in [-0.15, -0.1) is 11.3 Å². The number of rotatable bonds is 8. The summed E-state index contributed by atoms with van der Waals surface area (Å²) in [5, 5.41) is 11.1. The molecule has 0 saturated heterocycles. The molecule has 0 amide bonds. The standard InChI is InChI=1S/C25H23N5OS/c1-31-16-22-28-24(23-21(17-32-25(23)29-22)20-9-3-2-4-10-20)26-14-18-7-5-8-19(13-18)15-30-12-6-11-27-30/h2-13,17H,14-16H2,1H3,(H,26,28,29). The van der Waals surface area contributed by atoms with E-state index in [0.717, 1.165) is 33.7 Å². The van der Waals surface area contributed by atoms with E-state index in [1.165, 1.54) is 11.1 Å². The van der Waals surface area contributed by atoms with Crippen LogP contribution in [0.25, 0.3) is 21.3 Å². The summed E-state index contributed by atoms with van der Waals surface area (Å²) in [6.07, 6.45) is 3.77. The minimum atomic E-state index is 0.378. The Hall–Kier alpha value is -3.55. The van der Waals surface area contributed by atoms with Gasteiger partial charge in [-0.3, -0.25) is 4.68 Å². The summed E-state index contributed by atoms with van der Waals surface area (Å²) < 4.78 is 7.22. The zero-order chi connectivity index (χ0) is 21.8. The van der Waals surface area contributed by atoms with Crippen molar-refractivity contribution in [2.24, 2.45) is 0 Å². The smallest absolute Gasteiger partial charge is 0.158 e. The van der Waals surface area contributed by atoms with Crippen LogP contribution in [0, 0.1) is 0 Å². The minimum absolute atomic E-state index is 0.378. The van der Waals surface area contributed by atoms with Gasteiger partial charge in [0.15, 0.2) is 5.82 Å². The fraction of sp³-hybridized carbons (Fsp3) is 0.160. The largest absolute Gasteiger partial charge is 0.377 e. The molecule has 2 aromatic carbocycles. The lowest BCUT2D eigenvalue weighted by Gasteiger charge is -2.12. The molecule has 0 saturated carbocycles. The SMILES string of the molecule is COCc1nc(NCc2cccc(Cn3cccn3)c2)c2c(-c3ccccc3)csc2n1. The van der Waals surface area contributed by atoms with E-state index in [-0.39, 0.29) is 0 Å². The first kappa shape index (κ1) is 20.4. The molecule has 6 nitrogen and oxygen atoms in total. The van der Waals surface area contributed by atoms with E-state index in [0.29, 0.717) is 19.0 Å². The molecule has 7 heteroatoms. The lowest BCUT2D eigenvalue weighted by Crippen LogP contribution is -2.07. The van der Waals surface area contributed by atoms with Crippen molar-refractivity contribution in [1.29, 1.82) is 0 Å². The van der Waals surface area contributed by atoms with Crippen molar-refractivity contribution in [1.82, 2.24) is 19.7 Å². The number of aromatic nitrogens is 4. The van der Waals surface area contributed by atoms with Gasteiger partial charge in [0.25, 0.3) is 0 Å². The Morgan fingerprint density at radius 2 is 1.88 bits per heavy atom. The van der Waals surface area contributed by atoms with Crippen molar-refractivity contribution in [3.05, 3.63) is 95.4 Å². The van der Waals surface area contributed by atoms with Crippen LogP contribution in [0.4, 0.5) is 5.82 Å². The van der Waals surface area contributed by atoms with Gasteiger partial charge in [0.1, 0.15) is 17.3 Å². The topological polar surface area (TPSA) is 64.9 Å². The maximum Gasteiger partial charge on any atom is 0.158 e. The number of anilines is 1. The van der Waals surface area contributed by atoms with E-state index in [9.17, 15) is 0 Å². The Balaban J connectivity index is 1.46. The fourth-order valence-corrected chi connectivity index (χ4v) is 4.71. The summed E-state index contributed by atoms with van der Waals surface area (Å²) in [5.74, 6) is 1.51. The third-order valence-corrected chi connectivity index (χ3v) is 6.07. The second-order valence-corrected chi connectivity index (χ2v) is 8.35. The van der Waals surface area contributed by atoms with Crippen molar-refractivity contribution in [2.75, 3.05) is 12.4 Å². The molecule has 0 atom stereocenters. The lowest BCUT2D eigenvalue weighted by atomic mass is 10.1. The second-order valence-electron chi connectivity index (χ2n) is 7.49. The van der Waals surface area contributed by atoms with E-state index in [2.05, 4.69) is 64.3 Å². The maximum absolute atomic E-state index is 5.30. The van der Waals surface area contributed by atoms with Crippen LogP contribution < -0.4 is 5.32 Å². The normalized spacial score (nSPS) is 11.2. The molecule has 5 aromatic rings. The number of fused-ring (bicyclic) bond motifs is 1. The van der Waals surface area contributed by atoms with Gasteiger partial charge < -0.3 is 10.1 Å². The average Bonchev–Trinajstić information content (AvgIpc) is 3.49. The Bertz CT molecular complexity index is 1320. The number of benzene rings is 2. The molecule has 0 spiro atoms. The van der Waals surface area contributed by atoms with Gasteiger partial charge in [-0.1, -0.05) is 54.6 Å². The molecule has 160 valence electrons. The summed E-state index contributed by atoms with van der Waals surface area (Å²) in [6, 6.07) is 20.8. The van der Waals surface area contributed by atoms with Gasteiger partial charge in [-0.2, -0.15) is 5.10 Å². The van der Waals surface area contributed by atoms with Gasteiger partial charge in [0.05, 0.1) is 11.9 Å². The average molecular weight is 442 g/mol. The van der Waals surface area contributed by atoms with Crippen LogP contribution >= 0.6 is 11.3 Å². The summed E-state index contributed by atoms with van der Waals surface area (Å²) in [5.41, 5.74) is 4.70. The first-order chi connectivity index (χ1) is 15.8. The van der Waals surface area contributed by atoms with Crippen molar-refractivity contribution in [3.8, 4) is 11.1 Å². The number of hydrogen-bond acceptors (Lipinski definition) is 6. The van der Waals surface area contributed by atoms with Crippen LogP contribution in [0.1, 0.15) is 17.0 Å². The van der Waals surface area contributed by atoms with Crippen LogP contribution in [-0.2, 0) is 24.4 Å². The number of methoxy groups -OCH3 is 1. The third kappa shape index (κ3) is 4.39. The summed E-state index contributed by atoms with van der Waals surface area (Å²) in [4.78, 5) is 10.5. The number of nitrogens with zero attached hydrogens (tertiary/aromatic N) is 4. The van der Waals surface area contributed by atoms with E-state index in [4.69, 9.17) is 14.7 Å². The molecule has 0 fully saturated rings. The van der Waals surface area contributed by atoms with Crippen molar-refractivity contribution < 1.29 is 4.74 Å². The van der Waals surface area contributed by atoms with E-state index < -0.39 is 0 Å². The highest BCUT2D eigenvalue weighted by Crippen LogP contribution is 2.37. The first-order valence-corrected chi connectivity index (χ1v) is 11.3. The zero-order valence-corrected chi connectivity index (χ0v) is 18.5. The lowest BCUT2D eigenvalue weighted by molar-refractivity contribution is 0.178. The molecule has 0 radical (unpaired) electrons. The second kappa shape index (κ2) is 9.30. The van der Waals surface area contributed by atoms with E-state index >= 15 is 0 Å². The predicted octanol–water partition coefficient (Wildman–Crippen LogP) is 5.36. The molecule has 1 N–H and O–H groups in total. The van der Waals surface area contributed by atoms with Gasteiger partial charge in [-0.25, -0.2) is 9.97 Å². The van der Waals surface area contributed by atoms with Crippen LogP contribution in [0.2, 0.25) is 0 Å². The molecular formula is C25H23N5OS. The minimum Gasteiger partial charge on any atom is -0.377 e. The quantitative estimate of drug-likeness (QED) is 0.351. The molecular weight excluding hydrogens is 418 g/mol. The highest BCUT2D eigenvalue weighted by atomic mass is 32.1. The number of nitrogens with one attached hydrogen (secondary N) is 1. The first-order valence-electron chi connectivity index (χ1n) is 10.4. The molecule has 5 rings (SSSR count). The molecule has 3 heterocycles. The molecule has 0 aliphatic carbocycles. The third-order valence-electron chi connectivity index (χ3n) is 5.19. The van der Waals surface area contributed by atoms with Gasteiger partial charge in [0.2, 0.25) is 0 Å². The molecule has 0 bridgehead atoms. The van der Waals surface area contributed by atoms with Crippen molar-refractivity contribution in [3.63, 3.8) is 0 Å². The van der Waals surface area contributed by atoms with Gasteiger partial charge in [-0.05, 0) is 22.8 Å². The number of thiophene rings is 1. The van der Waals surface area contributed by atoms with Crippen molar-refractivity contribution >= 4 is 27.4 Å². The monoisotopic (exact) mass is 441 g/mol. The molecule has 32 heavy (non-hydrogen) atoms. The van der Waals surface area contributed by atoms with Crippen molar-refractivity contribution in [2.45, 2.75) is 19.7 Å². The summed E-state index contributed by atoms with van der Waals surface area (Å²) >= 11 is 1.63. The molecule has 3 aromatic heterocycles. The highest BCUT2D eigenvalue weighted by Gasteiger charge is 2.15.